The molecule has 0 saturated heterocycles. The van der Waals surface area contributed by atoms with E-state index in [2.05, 4.69) is 26.6 Å². The lowest BCUT2D eigenvalue weighted by molar-refractivity contribution is -0.114. The van der Waals surface area contributed by atoms with Crippen molar-refractivity contribution in [1.82, 2.24) is 0 Å². The number of amides is 1. The van der Waals surface area contributed by atoms with Crippen molar-refractivity contribution in [2.45, 2.75) is 19.9 Å². The molecule has 0 aliphatic rings. The molecule has 1 amide bonds. The second-order valence-electron chi connectivity index (χ2n) is 4.38. The fourth-order valence-electron chi connectivity index (χ4n) is 1.78. The second kappa shape index (κ2) is 6.33. The maximum absolute atomic E-state index is 11.0. The highest BCUT2D eigenvalue weighted by Gasteiger charge is 2.11. The number of nitrogens with one attached hydrogen (secondary N) is 2. The third-order valence-electron chi connectivity index (χ3n) is 2.68. The molecule has 106 valence electrons. The summed E-state index contributed by atoms with van der Waals surface area (Å²) in [6, 6.07) is 9.13. The van der Waals surface area contributed by atoms with Crippen molar-refractivity contribution in [3.05, 3.63) is 45.8 Å². The van der Waals surface area contributed by atoms with Gasteiger partial charge in [-0.05, 0) is 53.2 Å². The zero-order chi connectivity index (χ0) is 14.7. The monoisotopic (exact) mass is 356 g/mol. The van der Waals surface area contributed by atoms with Crippen molar-refractivity contribution in [2.75, 3.05) is 10.6 Å². The van der Waals surface area contributed by atoms with Crippen molar-refractivity contribution in [3.8, 4) is 0 Å². The fraction of sp³-hybridized carbons (Fsp3) is 0.214. The molecule has 0 saturated carbocycles. The largest absolute Gasteiger partial charge is 0.452 e. The van der Waals surface area contributed by atoms with Crippen LogP contribution in [0.2, 0.25) is 5.02 Å². The van der Waals surface area contributed by atoms with Crippen LogP contribution in [0.15, 0.2) is 39.4 Å². The first kappa shape index (κ1) is 14.9. The molecule has 0 fully saturated rings. The van der Waals surface area contributed by atoms with Crippen molar-refractivity contribution >= 4 is 44.8 Å². The Morgan fingerprint density at radius 2 is 2.10 bits per heavy atom. The Labute approximate surface area is 130 Å². The van der Waals surface area contributed by atoms with E-state index in [4.69, 9.17) is 16.0 Å². The first-order chi connectivity index (χ1) is 9.45. The van der Waals surface area contributed by atoms with E-state index in [1.807, 2.05) is 25.1 Å². The van der Waals surface area contributed by atoms with E-state index in [0.717, 1.165) is 11.4 Å². The number of anilines is 2. The summed E-state index contributed by atoms with van der Waals surface area (Å²) in [4.78, 5) is 11.0. The minimum absolute atomic E-state index is 0.00369. The molecular weight excluding hydrogens is 344 g/mol. The Kier molecular flexibility index (Phi) is 4.73. The van der Waals surface area contributed by atoms with Gasteiger partial charge in [0.15, 0.2) is 4.67 Å². The summed E-state index contributed by atoms with van der Waals surface area (Å²) in [6.45, 7) is 3.43. The van der Waals surface area contributed by atoms with Gasteiger partial charge in [0, 0.05) is 12.6 Å². The van der Waals surface area contributed by atoms with E-state index >= 15 is 0 Å². The Balaban J connectivity index is 2.10. The topological polar surface area (TPSA) is 54.3 Å². The summed E-state index contributed by atoms with van der Waals surface area (Å²) in [7, 11) is 0. The summed E-state index contributed by atoms with van der Waals surface area (Å²) in [6.07, 6.45) is 0. The normalized spacial score (nSPS) is 12.0. The summed E-state index contributed by atoms with van der Waals surface area (Å²) in [5.74, 6) is 0.667. The molecule has 2 aromatic rings. The van der Waals surface area contributed by atoms with Crippen LogP contribution in [-0.2, 0) is 4.79 Å². The van der Waals surface area contributed by atoms with Crippen LogP contribution in [0.1, 0.15) is 25.6 Å². The van der Waals surface area contributed by atoms with Gasteiger partial charge in [-0.3, -0.25) is 4.79 Å². The van der Waals surface area contributed by atoms with Gasteiger partial charge in [-0.1, -0.05) is 11.6 Å². The molecule has 1 aromatic carbocycles. The van der Waals surface area contributed by atoms with Gasteiger partial charge in [0.25, 0.3) is 0 Å². The summed E-state index contributed by atoms with van der Waals surface area (Å²) < 4.78 is 6.18. The van der Waals surface area contributed by atoms with Gasteiger partial charge in [-0.25, -0.2) is 0 Å². The van der Waals surface area contributed by atoms with Gasteiger partial charge in [-0.15, -0.1) is 0 Å². The first-order valence-corrected chi connectivity index (χ1v) is 7.21. The fourth-order valence-corrected chi connectivity index (χ4v) is 2.32. The number of furan rings is 1. The van der Waals surface area contributed by atoms with E-state index in [1.165, 1.54) is 6.92 Å². The predicted octanol–water partition coefficient (Wildman–Crippen LogP) is 4.83. The van der Waals surface area contributed by atoms with Crippen molar-refractivity contribution < 1.29 is 9.21 Å². The third kappa shape index (κ3) is 3.77. The average molecular weight is 358 g/mol. The average Bonchev–Trinajstić information content (AvgIpc) is 2.79. The number of carbonyl (C=O) groups excluding carboxylic acids is 1. The smallest absolute Gasteiger partial charge is 0.221 e. The summed E-state index contributed by atoms with van der Waals surface area (Å²) >= 11 is 9.40. The van der Waals surface area contributed by atoms with Crippen LogP contribution < -0.4 is 10.6 Å². The molecule has 0 spiro atoms. The SMILES string of the molecule is CC(=O)Nc1ccc(NC(C)c2ccc(Br)o2)cc1Cl. The summed E-state index contributed by atoms with van der Waals surface area (Å²) in [5, 5.41) is 6.43. The molecule has 1 aromatic heterocycles. The quantitative estimate of drug-likeness (QED) is 0.824. The van der Waals surface area contributed by atoms with Crippen LogP contribution >= 0.6 is 27.5 Å². The number of hydrogen-bond acceptors (Lipinski definition) is 3. The van der Waals surface area contributed by atoms with Crippen molar-refractivity contribution in [3.63, 3.8) is 0 Å². The number of hydrogen-bond donors (Lipinski definition) is 2. The lowest BCUT2D eigenvalue weighted by atomic mass is 10.2. The minimum Gasteiger partial charge on any atom is -0.452 e. The lowest BCUT2D eigenvalue weighted by Crippen LogP contribution is -2.08. The number of benzene rings is 1. The van der Waals surface area contributed by atoms with Gasteiger partial charge in [0.1, 0.15) is 5.76 Å². The Morgan fingerprint density at radius 3 is 2.65 bits per heavy atom. The van der Waals surface area contributed by atoms with Crippen LogP contribution in [0.25, 0.3) is 0 Å². The number of halogens is 2. The van der Waals surface area contributed by atoms with Crippen molar-refractivity contribution in [2.24, 2.45) is 0 Å². The molecule has 0 bridgehead atoms. The van der Waals surface area contributed by atoms with Gasteiger partial charge in [0.05, 0.1) is 16.8 Å². The van der Waals surface area contributed by atoms with Crippen LogP contribution in [0.3, 0.4) is 0 Å². The molecular formula is C14H14BrClN2O2. The van der Waals surface area contributed by atoms with E-state index in [0.29, 0.717) is 15.4 Å². The Hall–Kier alpha value is -1.46. The highest BCUT2D eigenvalue weighted by atomic mass is 79.9. The lowest BCUT2D eigenvalue weighted by Gasteiger charge is -2.14. The summed E-state index contributed by atoms with van der Waals surface area (Å²) in [5.41, 5.74) is 1.45. The zero-order valence-corrected chi connectivity index (χ0v) is 13.4. The van der Waals surface area contributed by atoms with Gasteiger partial charge < -0.3 is 15.1 Å². The molecule has 1 unspecified atom stereocenters. The van der Waals surface area contributed by atoms with E-state index in [1.54, 1.807) is 12.1 Å². The van der Waals surface area contributed by atoms with Crippen LogP contribution in [-0.4, -0.2) is 5.91 Å². The van der Waals surface area contributed by atoms with Gasteiger partial charge in [0.2, 0.25) is 5.91 Å². The highest BCUT2D eigenvalue weighted by Crippen LogP contribution is 2.28. The minimum atomic E-state index is -0.151. The van der Waals surface area contributed by atoms with Crippen LogP contribution in [0, 0.1) is 0 Å². The van der Waals surface area contributed by atoms with Gasteiger partial charge in [-0.2, -0.15) is 0 Å². The molecule has 1 atom stereocenters. The van der Waals surface area contributed by atoms with E-state index < -0.39 is 0 Å². The molecule has 2 N–H and O–H groups in total. The number of carbonyl (C=O) groups is 1. The Morgan fingerprint density at radius 1 is 1.35 bits per heavy atom. The molecule has 20 heavy (non-hydrogen) atoms. The van der Waals surface area contributed by atoms with E-state index in [-0.39, 0.29) is 11.9 Å². The molecule has 0 aliphatic carbocycles. The maximum Gasteiger partial charge on any atom is 0.221 e. The van der Waals surface area contributed by atoms with Crippen LogP contribution in [0.5, 0.6) is 0 Å². The number of rotatable bonds is 4. The molecule has 0 radical (unpaired) electrons. The maximum atomic E-state index is 11.0. The third-order valence-corrected chi connectivity index (χ3v) is 3.42. The molecule has 0 aliphatic heterocycles. The molecule has 1 heterocycles. The zero-order valence-electron chi connectivity index (χ0n) is 11.0. The van der Waals surface area contributed by atoms with Gasteiger partial charge >= 0.3 is 0 Å². The molecule has 2 rings (SSSR count). The molecule has 4 nitrogen and oxygen atoms in total. The van der Waals surface area contributed by atoms with Crippen LogP contribution in [0.4, 0.5) is 11.4 Å². The predicted molar refractivity (Wildman–Crippen MR) is 84.2 cm³/mol. The van der Waals surface area contributed by atoms with E-state index in [9.17, 15) is 4.79 Å². The second-order valence-corrected chi connectivity index (χ2v) is 5.57. The van der Waals surface area contributed by atoms with Crippen molar-refractivity contribution in [1.29, 1.82) is 0 Å². The Bertz CT molecular complexity index is 627. The molecule has 6 heteroatoms. The highest BCUT2D eigenvalue weighted by molar-refractivity contribution is 9.10. The standard InChI is InChI=1S/C14H14BrClN2O2/c1-8(13-5-6-14(15)20-13)17-10-3-4-12(11(16)7-10)18-9(2)19/h3-8,17H,1-2H3,(H,18,19). The first-order valence-electron chi connectivity index (χ1n) is 6.04.